The van der Waals surface area contributed by atoms with Crippen LogP contribution in [-0.4, -0.2) is 54.3 Å². The Bertz CT molecular complexity index is 1380. The quantitative estimate of drug-likeness (QED) is 0.0198. The second-order valence-corrected chi connectivity index (χ2v) is 16.8. The summed E-state index contributed by atoms with van der Waals surface area (Å²) in [7, 11) is 0. The van der Waals surface area contributed by atoms with E-state index in [0.29, 0.717) is 13.0 Å². The lowest BCUT2D eigenvalue weighted by Crippen LogP contribution is -2.06. The first-order valence-corrected chi connectivity index (χ1v) is 24.0. The average Bonchev–Trinajstić information content (AvgIpc) is 3.23. The van der Waals surface area contributed by atoms with E-state index in [1.807, 2.05) is 0 Å². The third-order valence-electron chi connectivity index (χ3n) is 11.4. The molecule has 0 amide bonds. The van der Waals surface area contributed by atoms with Crippen LogP contribution in [0.4, 0.5) is 0 Å². The minimum absolute atomic E-state index is 0.0271. The summed E-state index contributed by atoms with van der Waals surface area (Å²) >= 11 is 0. The number of unbranched alkanes of at least 4 members (excludes halogenated alkanes) is 30. The number of aromatic hydroxyl groups is 6. The van der Waals surface area contributed by atoms with Gasteiger partial charge < -0.3 is 40.5 Å². The maximum absolute atomic E-state index is 11.9. The second kappa shape index (κ2) is 35.9. The number of hydrogen-bond acceptors (Lipinski definition) is 9. The lowest BCUT2D eigenvalue weighted by atomic mass is 9.98. The first kappa shape index (κ1) is 54.2. The minimum Gasteiger partial charge on any atom is -0.504 e. The van der Waals surface area contributed by atoms with Crippen molar-refractivity contribution in [2.24, 2.45) is 0 Å². The number of aromatic carboxylic acids is 1. The van der Waals surface area contributed by atoms with Crippen LogP contribution in [0.5, 0.6) is 34.5 Å². The van der Waals surface area contributed by atoms with Crippen molar-refractivity contribution in [1.29, 1.82) is 0 Å². The van der Waals surface area contributed by atoms with Gasteiger partial charge in [-0.1, -0.05) is 206 Å². The number of phenols is 6. The van der Waals surface area contributed by atoms with Crippen molar-refractivity contribution >= 4 is 11.9 Å². The van der Waals surface area contributed by atoms with E-state index in [0.717, 1.165) is 56.7 Å². The van der Waals surface area contributed by atoms with Crippen LogP contribution in [0.1, 0.15) is 246 Å². The first-order chi connectivity index (χ1) is 29.0. The van der Waals surface area contributed by atoms with Gasteiger partial charge >= 0.3 is 11.9 Å². The molecule has 0 aliphatic carbocycles. The summed E-state index contributed by atoms with van der Waals surface area (Å²) in [6.45, 7) is 4.84. The van der Waals surface area contributed by atoms with E-state index in [-0.39, 0.29) is 16.7 Å². The minimum atomic E-state index is -1.22. The van der Waals surface area contributed by atoms with Gasteiger partial charge in [0.15, 0.2) is 28.7 Å². The molecule has 0 saturated heterocycles. The molecule has 0 atom stereocenters. The monoisotopic (exact) mass is 845 g/mol. The fourth-order valence-electron chi connectivity index (χ4n) is 7.60. The SMILES string of the molecule is CCCCCCCCCCCCCCCCCCOC(=O)c1cc(O)c(O)c(O)c1.CCCCCCCCCCCCCCCCCCc1c(C(=O)O)cc(O)c(O)c1O. The highest BCUT2D eigenvalue weighted by Gasteiger charge is 2.20. The predicted octanol–water partition coefficient (Wildman–Crippen LogP) is 14.5. The largest absolute Gasteiger partial charge is 0.504 e. The molecule has 344 valence electrons. The predicted molar refractivity (Wildman–Crippen MR) is 243 cm³/mol. The normalized spacial score (nSPS) is 11.0. The number of esters is 1. The number of carbonyl (C=O) groups excluding carboxylic acids is 1. The summed E-state index contributed by atoms with van der Waals surface area (Å²) in [6.07, 6.45) is 41.2. The molecule has 0 heterocycles. The summed E-state index contributed by atoms with van der Waals surface area (Å²) in [4.78, 5) is 23.2. The summed E-state index contributed by atoms with van der Waals surface area (Å²) < 4.78 is 5.15. The molecule has 0 spiro atoms. The lowest BCUT2D eigenvalue weighted by Gasteiger charge is -2.11. The number of carboxylic acid groups (broad SMARTS) is 1. The molecular weight excluding hydrogens is 761 g/mol. The van der Waals surface area contributed by atoms with Gasteiger partial charge in [0.1, 0.15) is 0 Å². The molecule has 2 rings (SSSR count). The van der Waals surface area contributed by atoms with Gasteiger partial charge in [0, 0.05) is 5.56 Å². The topological polar surface area (TPSA) is 185 Å². The number of benzene rings is 2. The van der Waals surface area contributed by atoms with E-state index >= 15 is 0 Å². The third kappa shape index (κ3) is 25.7. The first-order valence-electron chi connectivity index (χ1n) is 24.0. The molecule has 7 N–H and O–H groups in total. The van der Waals surface area contributed by atoms with Gasteiger partial charge in [0.05, 0.1) is 17.7 Å². The summed E-state index contributed by atoms with van der Waals surface area (Å²) in [5, 5.41) is 66.5. The van der Waals surface area contributed by atoms with Gasteiger partial charge in [-0.3, -0.25) is 0 Å². The summed E-state index contributed by atoms with van der Waals surface area (Å²) in [5.74, 6) is -5.31. The van der Waals surface area contributed by atoms with Crippen LogP contribution in [-0.2, 0) is 11.2 Å². The van der Waals surface area contributed by atoms with Crippen molar-refractivity contribution in [3.8, 4) is 34.5 Å². The van der Waals surface area contributed by atoms with Gasteiger partial charge in [0.25, 0.3) is 0 Å². The van der Waals surface area contributed by atoms with Crippen molar-refractivity contribution in [2.75, 3.05) is 6.61 Å². The smallest absolute Gasteiger partial charge is 0.338 e. The summed E-state index contributed by atoms with van der Waals surface area (Å²) in [5.41, 5.74) is 0.0752. The molecule has 60 heavy (non-hydrogen) atoms. The number of hydrogen-bond donors (Lipinski definition) is 7. The molecule has 0 saturated carbocycles. The van der Waals surface area contributed by atoms with E-state index in [1.54, 1.807) is 0 Å². The van der Waals surface area contributed by atoms with E-state index in [2.05, 4.69) is 13.8 Å². The Morgan fingerprint density at radius 1 is 0.417 bits per heavy atom. The zero-order chi connectivity index (χ0) is 44.2. The van der Waals surface area contributed by atoms with Crippen LogP contribution in [0.15, 0.2) is 18.2 Å². The standard InChI is InChI=1S/2C25H42O5/c1-2-3-4-5-6-7-8-9-10-11-12-13-14-15-16-17-18-30-25(29)21-19-22(26)24(28)23(27)20-21;1-2-3-4-5-6-7-8-9-10-11-12-13-14-15-16-17-18-20-21(25(29)30)19-22(26)24(28)23(20)27/h19-20,26-28H,2-18H2,1H3;19,26-28H,2-18H2,1H3,(H,29,30). The zero-order valence-corrected chi connectivity index (χ0v) is 37.6. The highest BCUT2D eigenvalue weighted by Crippen LogP contribution is 2.40. The molecule has 0 aliphatic heterocycles. The lowest BCUT2D eigenvalue weighted by molar-refractivity contribution is 0.0496. The fraction of sp³-hybridized carbons (Fsp3) is 0.720. The van der Waals surface area contributed by atoms with E-state index in [4.69, 9.17) is 4.74 Å². The number of carbonyl (C=O) groups is 2. The molecule has 0 bridgehead atoms. The maximum atomic E-state index is 11.9. The molecule has 0 radical (unpaired) electrons. The van der Waals surface area contributed by atoms with Gasteiger partial charge in [-0.25, -0.2) is 9.59 Å². The van der Waals surface area contributed by atoms with Gasteiger partial charge in [0.2, 0.25) is 5.75 Å². The van der Waals surface area contributed by atoms with Crippen molar-refractivity contribution in [1.82, 2.24) is 0 Å². The molecule has 0 unspecified atom stereocenters. The van der Waals surface area contributed by atoms with E-state index in [1.165, 1.54) is 167 Å². The molecule has 10 heteroatoms. The van der Waals surface area contributed by atoms with E-state index < -0.39 is 46.4 Å². The van der Waals surface area contributed by atoms with Crippen LogP contribution in [0.3, 0.4) is 0 Å². The van der Waals surface area contributed by atoms with Crippen LogP contribution in [0, 0.1) is 0 Å². The number of phenolic OH excluding ortho intramolecular Hbond substituents is 6. The molecule has 0 aliphatic rings. The van der Waals surface area contributed by atoms with E-state index in [9.17, 15) is 45.3 Å². The van der Waals surface area contributed by atoms with Crippen molar-refractivity contribution < 1.29 is 50.1 Å². The summed E-state index contributed by atoms with van der Waals surface area (Å²) in [6, 6.07) is 3.18. The molecule has 10 nitrogen and oxygen atoms in total. The second-order valence-electron chi connectivity index (χ2n) is 16.8. The Balaban J connectivity index is 0.000000600. The highest BCUT2D eigenvalue weighted by molar-refractivity contribution is 5.92. The van der Waals surface area contributed by atoms with Crippen LogP contribution < -0.4 is 0 Å². The van der Waals surface area contributed by atoms with Gasteiger partial charge in [-0.15, -0.1) is 0 Å². The van der Waals surface area contributed by atoms with Crippen molar-refractivity contribution in [3.05, 3.63) is 34.9 Å². The van der Waals surface area contributed by atoms with Crippen LogP contribution >= 0.6 is 0 Å². The van der Waals surface area contributed by atoms with Crippen molar-refractivity contribution in [3.63, 3.8) is 0 Å². The Morgan fingerprint density at radius 3 is 1.08 bits per heavy atom. The van der Waals surface area contributed by atoms with Crippen LogP contribution in [0.25, 0.3) is 0 Å². The Morgan fingerprint density at radius 2 is 0.733 bits per heavy atom. The Labute approximate surface area is 362 Å². The van der Waals surface area contributed by atoms with Gasteiger partial charge in [-0.2, -0.15) is 0 Å². The fourth-order valence-corrected chi connectivity index (χ4v) is 7.60. The Kier molecular flexibility index (Phi) is 32.4. The highest BCUT2D eigenvalue weighted by atomic mass is 16.5. The number of ether oxygens (including phenoxy) is 1. The maximum Gasteiger partial charge on any atom is 0.338 e. The van der Waals surface area contributed by atoms with Gasteiger partial charge in [-0.05, 0) is 37.5 Å². The number of carboxylic acids is 1. The molecule has 2 aromatic carbocycles. The molecule has 2 aromatic rings. The Hall–Kier alpha value is -3.82. The number of rotatable bonds is 36. The van der Waals surface area contributed by atoms with Crippen molar-refractivity contribution in [2.45, 2.75) is 226 Å². The molecule has 0 fully saturated rings. The molecule has 0 aromatic heterocycles. The zero-order valence-electron chi connectivity index (χ0n) is 37.6. The average molecular weight is 845 g/mol. The molecular formula is C50H84O10. The third-order valence-corrected chi connectivity index (χ3v) is 11.4. The van der Waals surface area contributed by atoms with Crippen LogP contribution in [0.2, 0.25) is 0 Å².